The van der Waals surface area contributed by atoms with Crippen molar-refractivity contribution < 1.29 is 96.8 Å². The average molecular weight is 748 g/mol. The van der Waals surface area contributed by atoms with E-state index in [2.05, 4.69) is 20.5 Å². The molecule has 3 aliphatic heterocycles. The molecule has 10 N–H and O–H groups in total. The summed E-state index contributed by atoms with van der Waals surface area (Å²) in [6.45, 7) is 4.79. The third kappa shape index (κ3) is 10.6. The molecule has 0 radical (unpaired) electrons. The highest BCUT2D eigenvalue weighted by Crippen LogP contribution is 2.41. The molecule has 0 saturated carbocycles. The van der Waals surface area contributed by atoms with Crippen LogP contribution in [0.4, 0.5) is 0 Å². The second-order valence-electron chi connectivity index (χ2n) is 11.8. The highest BCUT2D eigenvalue weighted by Gasteiger charge is 2.56. The van der Waals surface area contributed by atoms with Crippen LogP contribution >= 0.6 is 7.82 Å². The molecule has 15 atom stereocenters. The van der Waals surface area contributed by atoms with Gasteiger partial charge in [-0.05, 0) is 6.92 Å². The van der Waals surface area contributed by atoms with E-state index in [0.29, 0.717) is 0 Å². The Bertz CT molecular complexity index is 1300. The van der Waals surface area contributed by atoms with Gasteiger partial charge in [-0.1, -0.05) is 0 Å². The van der Waals surface area contributed by atoms with Crippen LogP contribution in [0.1, 0.15) is 34.6 Å². The number of nitrogens with one attached hydrogen (secondary N) is 3. The molecule has 3 aliphatic rings. The van der Waals surface area contributed by atoms with Gasteiger partial charge in [0, 0.05) is 27.7 Å². The first-order valence-corrected chi connectivity index (χ1v) is 16.5. The molecule has 0 spiro atoms. The number of carboxylic acid groups (broad SMARTS) is 1. The first-order chi connectivity index (χ1) is 23.1. The quantitative estimate of drug-likeness (QED) is 0.0658. The van der Waals surface area contributed by atoms with Crippen molar-refractivity contribution in [3.8, 4) is 0 Å². The van der Waals surface area contributed by atoms with Crippen molar-refractivity contribution >= 4 is 37.5 Å². The fraction of sp³-hybridized carbons (Fsp3) is 0.808. The molecule has 0 bridgehead atoms. The van der Waals surface area contributed by atoms with Crippen molar-refractivity contribution in [2.75, 3.05) is 6.61 Å². The Balaban J connectivity index is 1.96. The largest absolute Gasteiger partial charge is 0.479 e. The number of rotatable bonds is 12. The van der Waals surface area contributed by atoms with Gasteiger partial charge in [-0.15, -0.1) is 0 Å². The Kier molecular flexibility index (Phi) is 14.2. The lowest BCUT2D eigenvalue weighted by molar-refractivity contribution is -0.348. The molecule has 23 nitrogen and oxygen atoms in total. The zero-order valence-corrected chi connectivity index (χ0v) is 28.1. The molecule has 3 heterocycles. The maximum atomic E-state index is 12.4. The summed E-state index contributed by atoms with van der Waals surface area (Å²) in [5.74, 6) is -4.87. The molecule has 24 heteroatoms. The van der Waals surface area contributed by atoms with E-state index in [4.69, 9.17) is 28.4 Å². The summed E-state index contributed by atoms with van der Waals surface area (Å²) in [6.07, 6.45) is -22.2. The second kappa shape index (κ2) is 17.1. The van der Waals surface area contributed by atoms with E-state index in [1.54, 1.807) is 0 Å². The summed E-state index contributed by atoms with van der Waals surface area (Å²) in [5.41, 5.74) is 0. The van der Waals surface area contributed by atoms with Crippen molar-refractivity contribution in [2.45, 2.75) is 127 Å². The topological polar surface area (TPSA) is 345 Å². The molecule has 0 aromatic carbocycles. The zero-order valence-electron chi connectivity index (χ0n) is 27.3. The molecule has 0 unspecified atom stereocenters. The Morgan fingerprint density at radius 1 is 0.680 bits per heavy atom. The van der Waals surface area contributed by atoms with Gasteiger partial charge in [-0.25, -0.2) is 9.36 Å². The first-order valence-electron chi connectivity index (χ1n) is 15.0. The average Bonchev–Trinajstić information content (AvgIpc) is 2.97. The minimum Gasteiger partial charge on any atom is -0.479 e. The molecule has 0 aromatic heterocycles. The highest BCUT2D eigenvalue weighted by atomic mass is 31.2. The number of amides is 3. The van der Waals surface area contributed by atoms with Crippen molar-refractivity contribution in [1.29, 1.82) is 0 Å². The van der Waals surface area contributed by atoms with Crippen LogP contribution in [-0.2, 0) is 61.5 Å². The van der Waals surface area contributed by atoms with Crippen molar-refractivity contribution in [3.63, 3.8) is 0 Å². The van der Waals surface area contributed by atoms with Gasteiger partial charge in [0.05, 0.1) is 12.1 Å². The van der Waals surface area contributed by atoms with E-state index in [1.807, 2.05) is 0 Å². The van der Waals surface area contributed by atoms with Crippen LogP contribution in [0.15, 0.2) is 0 Å². The number of hydrogen-bond donors (Lipinski definition) is 10. The summed E-state index contributed by atoms with van der Waals surface area (Å²) in [6, 6.07) is -4.63. The van der Waals surface area contributed by atoms with Gasteiger partial charge < -0.3 is 79.7 Å². The lowest BCUT2D eigenvalue weighted by Gasteiger charge is -2.49. The van der Waals surface area contributed by atoms with Crippen molar-refractivity contribution in [1.82, 2.24) is 16.0 Å². The predicted molar refractivity (Wildman–Crippen MR) is 156 cm³/mol. The minimum absolute atomic E-state index is 0.556. The molecule has 3 amide bonds. The molecule has 3 fully saturated rings. The predicted octanol–water partition coefficient (Wildman–Crippen LogP) is -5.33. The maximum absolute atomic E-state index is 12.4. The number of esters is 1. The van der Waals surface area contributed by atoms with Crippen LogP contribution in [0.2, 0.25) is 0 Å². The van der Waals surface area contributed by atoms with Gasteiger partial charge in [0.15, 0.2) is 25.0 Å². The van der Waals surface area contributed by atoms with E-state index in [-0.39, 0.29) is 0 Å². The van der Waals surface area contributed by atoms with Gasteiger partial charge in [0.1, 0.15) is 61.4 Å². The molecule has 3 saturated heterocycles. The Morgan fingerprint density at radius 3 is 1.68 bits per heavy atom. The van der Waals surface area contributed by atoms with Gasteiger partial charge in [-0.2, -0.15) is 0 Å². The molecule has 50 heavy (non-hydrogen) atoms. The SMILES string of the molecule is CC(=O)N[C@@H]1[C@H](O[C@H]2[C@H](O)[C@@H](NC(C)=O)[C@@H](OP(=O)(O)O)O[C@@H]2COC(C)=O)O[C@H](C(=O)O)[C@@H](O[C@H]2O[C@H](C)[C@H](NC(C)=O)[C@H](O)[C@H]2O)[C@@H]1O. The normalized spacial score (nSPS) is 39.1. The van der Waals surface area contributed by atoms with E-state index in [0.717, 1.165) is 27.7 Å². The number of hydrogen-bond acceptors (Lipinski definition) is 17. The van der Waals surface area contributed by atoms with E-state index in [9.17, 15) is 63.9 Å². The molecular formula is C26H42N3O20P. The number of aliphatic hydroxyl groups excluding tert-OH is 4. The Morgan fingerprint density at radius 2 is 1.18 bits per heavy atom. The summed E-state index contributed by atoms with van der Waals surface area (Å²) in [5, 5.41) is 61.0. The Labute approximate surface area is 283 Å². The van der Waals surface area contributed by atoms with Gasteiger partial charge in [0.2, 0.25) is 17.7 Å². The molecule has 286 valence electrons. The van der Waals surface area contributed by atoms with Crippen molar-refractivity contribution in [3.05, 3.63) is 0 Å². The van der Waals surface area contributed by atoms with E-state index >= 15 is 0 Å². The number of carbonyl (C=O) groups excluding carboxylic acids is 4. The lowest BCUT2D eigenvalue weighted by atomic mass is 9.93. The number of phosphoric ester groups is 1. The van der Waals surface area contributed by atoms with Crippen molar-refractivity contribution in [2.24, 2.45) is 0 Å². The number of ether oxygens (including phenoxy) is 6. The van der Waals surface area contributed by atoms with Gasteiger partial charge >= 0.3 is 19.8 Å². The highest BCUT2D eigenvalue weighted by molar-refractivity contribution is 7.46. The van der Waals surface area contributed by atoms with Gasteiger partial charge in [0.25, 0.3) is 0 Å². The smallest absolute Gasteiger partial charge is 0.472 e. The summed E-state index contributed by atoms with van der Waals surface area (Å²) >= 11 is 0. The van der Waals surface area contributed by atoms with Crippen LogP contribution in [0, 0.1) is 0 Å². The number of phosphoric acid groups is 1. The Hall–Kier alpha value is -2.90. The van der Waals surface area contributed by atoms with Gasteiger partial charge in [-0.3, -0.25) is 23.7 Å². The minimum atomic E-state index is -5.34. The first kappa shape index (κ1) is 41.5. The van der Waals surface area contributed by atoms with Crippen LogP contribution < -0.4 is 16.0 Å². The number of carbonyl (C=O) groups is 5. The van der Waals surface area contributed by atoms with Crippen LogP contribution in [0.3, 0.4) is 0 Å². The third-order valence-corrected chi connectivity index (χ3v) is 8.21. The second-order valence-corrected chi connectivity index (χ2v) is 12.9. The van der Waals surface area contributed by atoms with Crippen LogP contribution in [0.25, 0.3) is 0 Å². The lowest BCUT2D eigenvalue weighted by Crippen LogP contribution is -2.71. The fourth-order valence-electron chi connectivity index (χ4n) is 5.63. The summed E-state index contributed by atoms with van der Waals surface area (Å²) in [4.78, 5) is 78.5. The number of aliphatic carboxylic acids is 1. The number of aliphatic hydroxyl groups is 4. The molecule has 3 rings (SSSR count). The third-order valence-electron chi connectivity index (χ3n) is 7.73. The van der Waals surface area contributed by atoms with E-state index in [1.165, 1.54) is 6.92 Å². The maximum Gasteiger partial charge on any atom is 0.472 e. The van der Waals surface area contributed by atoms with E-state index < -0.39 is 136 Å². The summed E-state index contributed by atoms with van der Waals surface area (Å²) < 4.78 is 49.3. The zero-order chi connectivity index (χ0) is 37.8. The summed E-state index contributed by atoms with van der Waals surface area (Å²) in [7, 11) is -5.34. The monoisotopic (exact) mass is 747 g/mol. The standard InChI is InChI=1S/C26H42N3O20P/c1-7-13(27-8(2)30)16(34)19(37)26(44-7)47-21-18(36)14(28-9(3)31)24(48-22(21)23(38)39)46-20-12(6-43-11(5)33)45-25(49-50(40,41)42)15(17(20)35)29-10(4)32/h7,12-22,24-26,34-37H,6H2,1-5H3,(H,27,30)(H,28,31)(H,29,32)(H,38,39)(H2,40,41,42)/t7-,12-,13+,14+,15-,16+,17-,18-,19-,20-,21+,22+,24-,25-,26-/m1/s1. The van der Waals surface area contributed by atoms with Crippen LogP contribution in [0.5, 0.6) is 0 Å². The van der Waals surface area contributed by atoms with Crippen LogP contribution in [-0.4, -0.2) is 164 Å². The molecule has 0 aliphatic carbocycles. The molecular weight excluding hydrogens is 705 g/mol. The fourth-order valence-corrected chi connectivity index (χ4v) is 6.08. The number of carboxylic acids is 1. The molecule has 0 aromatic rings.